The first-order valence-corrected chi connectivity index (χ1v) is 11.4. The predicted octanol–water partition coefficient (Wildman–Crippen LogP) is 4.51. The average molecular weight is 451 g/mol. The minimum absolute atomic E-state index is 0.0852. The van der Waals surface area contributed by atoms with Crippen molar-refractivity contribution in [2.75, 3.05) is 18.1 Å². The second-order valence-electron chi connectivity index (χ2n) is 6.20. The Hall–Kier alpha value is -2.03. The minimum atomic E-state index is -0.195. The minimum Gasteiger partial charge on any atom is -0.355 e. The molecule has 1 aromatic heterocycles. The summed E-state index contributed by atoms with van der Waals surface area (Å²) in [6.45, 7) is 2.46. The fourth-order valence-electron chi connectivity index (χ4n) is 2.47. The fraction of sp³-hybridized carbons (Fsp3) is 0.250. The Morgan fingerprint density at radius 2 is 2.10 bits per heavy atom. The number of rotatable bonds is 9. The van der Waals surface area contributed by atoms with Gasteiger partial charge in [-0.15, -0.1) is 10.2 Å². The van der Waals surface area contributed by atoms with Crippen molar-refractivity contribution >= 4 is 41.0 Å². The number of nitrogens with one attached hydrogen (secondary N) is 1. The number of aryl methyl sites for hydroxylation is 1. The van der Waals surface area contributed by atoms with Gasteiger partial charge in [-0.3, -0.25) is 9.36 Å². The number of carbonyl (C=O) groups excluding carboxylic acids is 1. The number of hydrogen-bond acceptors (Lipinski definition) is 5. The molecule has 3 aromatic rings. The highest BCUT2D eigenvalue weighted by Gasteiger charge is 2.11. The zero-order valence-electron chi connectivity index (χ0n) is 15.8. The molecule has 0 aliphatic carbocycles. The van der Waals surface area contributed by atoms with Gasteiger partial charge in [0.1, 0.15) is 12.1 Å². The summed E-state index contributed by atoms with van der Waals surface area (Å²) in [7, 11) is 0. The van der Waals surface area contributed by atoms with Crippen molar-refractivity contribution in [3.8, 4) is 5.69 Å². The number of nitrogens with zero attached hydrogens (tertiary/aromatic N) is 3. The van der Waals surface area contributed by atoms with Gasteiger partial charge in [-0.1, -0.05) is 47.6 Å². The molecule has 0 aliphatic rings. The highest BCUT2D eigenvalue weighted by Crippen LogP contribution is 2.23. The third-order valence-corrected chi connectivity index (χ3v) is 6.42. The Balaban J connectivity index is 1.42. The van der Waals surface area contributed by atoms with Crippen LogP contribution in [0.15, 0.2) is 53.9 Å². The summed E-state index contributed by atoms with van der Waals surface area (Å²) in [6, 6.07) is 12.4. The van der Waals surface area contributed by atoms with Crippen molar-refractivity contribution in [2.24, 2.45) is 0 Å². The van der Waals surface area contributed by atoms with Crippen LogP contribution in [0.3, 0.4) is 0 Å². The molecule has 0 spiro atoms. The van der Waals surface area contributed by atoms with E-state index in [1.54, 1.807) is 34.8 Å². The molecule has 29 heavy (non-hydrogen) atoms. The van der Waals surface area contributed by atoms with Crippen LogP contribution in [0.1, 0.15) is 11.1 Å². The molecule has 0 bridgehead atoms. The maximum absolute atomic E-state index is 13.6. The summed E-state index contributed by atoms with van der Waals surface area (Å²) in [6.07, 6.45) is 1.60. The smallest absolute Gasteiger partial charge is 0.230 e. The van der Waals surface area contributed by atoms with Crippen molar-refractivity contribution in [2.45, 2.75) is 17.8 Å². The number of halogens is 2. The van der Waals surface area contributed by atoms with E-state index < -0.39 is 0 Å². The SMILES string of the molecule is Cc1ccc(-n2cnnc2SCC(=O)NCCSCc2ccccc2F)cc1Cl. The number of benzene rings is 2. The van der Waals surface area contributed by atoms with Crippen LogP contribution in [0.5, 0.6) is 0 Å². The molecular weight excluding hydrogens is 431 g/mol. The number of thioether (sulfide) groups is 2. The zero-order chi connectivity index (χ0) is 20.6. The Kier molecular flexibility index (Phi) is 7.97. The summed E-state index contributed by atoms with van der Waals surface area (Å²) in [5.74, 6) is 1.25. The lowest BCUT2D eigenvalue weighted by atomic mass is 10.2. The lowest BCUT2D eigenvalue weighted by Gasteiger charge is -2.08. The lowest BCUT2D eigenvalue weighted by Crippen LogP contribution is -2.27. The standard InChI is InChI=1S/C20H20ClFN4OS2/c1-14-6-7-16(10-17(14)21)26-13-24-25-20(26)29-12-19(27)23-8-9-28-11-15-4-2-3-5-18(15)22/h2-7,10,13H,8-9,11-12H2,1H3,(H,23,27). The molecule has 0 unspecified atom stereocenters. The van der Waals surface area contributed by atoms with Gasteiger partial charge in [0.05, 0.1) is 11.4 Å². The topological polar surface area (TPSA) is 59.8 Å². The number of hydrogen-bond donors (Lipinski definition) is 1. The molecule has 1 N–H and O–H groups in total. The molecule has 0 aliphatic heterocycles. The molecule has 9 heteroatoms. The van der Waals surface area contributed by atoms with Gasteiger partial charge in [0, 0.05) is 23.1 Å². The number of aromatic nitrogens is 3. The molecular formula is C20H20ClFN4OS2. The molecule has 0 saturated carbocycles. The van der Waals surface area contributed by atoms with Crippen LogP contribution < -0.4 is 5.32 Å². The molecule has 0 saturated heterocycles. The predicted molar refractivity (Wildman–Crippen MR) is 117 cm³/mol. The third-order valence-electron chi connectivity index (χ3n) is 4.07. The molecule has 1 heterocycles. The first-order chi connectivity index (χ1) is 14.0. The summed E-state index contributed by atoms with van der Waals surface area (Å²) >= 11 is 9.08. The third kappa shape index (κ3) is 6.22. The monoisotopic (exact) mass is 450 g/mol. The molecule has 1 amide bonds. The van der Waals surface area contributed by atoms with Gasteiger partial charge in [-0.2, -0.15) is 11.8 Å². The summed E-state index contributed by atoms with van der Waals surface area (Å²) in [5.41, 5.74) is 2.51. The number of amides is 1. The van der Waals surface area contributed by atoms with E-state index in [1.807, 2.05) is 31.2 Å². The highest BCUT2D eigenvalue weighted by molar-refractivity contribution is 7.99. The van der Waals surface area contributed by atoms with Gasteiger partial charge < -0.3 is 5.32 Å². The van der Waals surface area contributed by atoms with E-state index in [0.29, 0.717) is 33.8 Å². The van der Waals surface area contributed by atoms with Crippen molar-refractivity contribution in [1.29, 1.82) is 0 Å². The second kappa shape index (κ2) is 10.7. The molecule has 0 fully saturated rings. The molecule has 5 nitrogen and oxygen atoms in total. The van der Waals surface area contributed by atoms with Crippen molar-refractivity contribution in [1.82, 2.24) is 20.1 Å². The number of carbonyl (C=O) groups is 1. The van der Waals surface area contributed by atoms with Gasteiger partial charge in [-0.25, -0.2) is 4.39 Å². The molecule has 0 atom stereocenters. The Morgan fingerprint density at radius 1 is 1.28 bits per heavy atom. The van der Waals surface area contributed by atoms with E-state index in [-0.39, 0.29) is 17.5 Å². The normalized spacial score (nSPS) is 10.9. The van der Waals surface area contributed by atoms with E-state index in [2.05, 4.69) is 15.5 Å². The Labute approximate surface area is 182 Å². The van der Waals surface area contributed by atoms with E-state index in [0.717, 1.165) is 11.3 Å². The van der Waals surface area contributed by atoms with Gasteiger partial charge in [0.2, 0.25) is 5.91 Å². The second-order valence-corrected chi connectivity index (χ2v) is 8.65. The van der Waals surface area contributed by atoms with Crippen molar-refractivity contribution in [3.05, 3.63) is 70.8 Å². The fourth-order valence-corrected chi connectivity index (χ4v) is 4.25. The van der Waals surface area contributed by atoms with Crippen LogP contribution in [-0.4, -0.2) is 38.7 Å². The average Bonchev–Trinajstić information content (AvgIpc) is 3.18. The maximum atomic E-state index is 13.6. The van der Waals surface area contributed by atoms with Gasteiger partial charge in [0.15, 0.2) is 5.16 Å². The van der Waals surface area contributed by atoms with Crippen LogP contribution in [-0.2, 0) is 10.5 Å². The Morgan fingerprint density at radius 3 is 2.90 bits per heavy atom. The van der Waals surface area contributed by atoms with Crippen LogP contribution in [0, 0.1) is 12.7 Å². The summed E-state index contributed by atoms with van der Waals surface area (Å²) in [5, 5.41) is 12.2. The lowest BCUT2D eigenvalue weighted by molar-refractivity contribution is -0.118. The van der Waals surface area contributed by atoms with Gasteiger partial charge in [-0.05, 0) is 36.2 Å². The molecule has 2 aromatic carbocycles. The molecule has 3 rings (SSSR count). The van der Waals surface area contributed by atoms with Crippen LogP contribution >= 0.6 is 35.1 Å². The van der Waals surface area contributed by atoms with E-state index >= 15 is 0 Å². The summed E-state index contributed by atoms with van der Waals surface area (Å²) < 4.78 is 15.4. The quantitative estimate of drug-likeness (QED) is 0.384. The largest absolute Gasteiger partial charge is 0.355 e. The van der Waals surface area contributed by atoms with Crippen molar-refractivity contribution < 1.29 is 9.18 Å². The summed E-state index contributed by atoms with van der Waals surface area (Å²) in [4.78, 5) is 12.1. The van der Waals surface area contributed by atoms with Crippen molar-refractivity contribution in [3.63, 3.8) is 0 Å². The molecule has 0 radical (unpaired) electrons. The van der Waals surface area contributed by atoms with Crippen LogP contribution in [0.2, 0.25) is 5.02 Å². The Bertz CT molecular complexity index is 983. The highest BCUT2D eigenvalue weighted by atomic mass is 35.5. The van der Waals surface area contributed by atoms with E-state index in [9.17, 15) is 9.18 Å². The van der Waals surface area contributed by atoms with Crippen LogP contribution in [0.4, 0.5) is 4.39 Å². The first-order valence-electron chi connectivity index (χ1n) is 8.92. The molecule has 152 valence electrons. The van der Waals surface area contributed by atoms with E-state index in [1.165, 1.54) is 17.8 Å². The van der Waals surface area contributed by atoms with E-state index in [4.69, 9.17) is 11.6 Å². The first kappa shape index (κ1) is 21.7. The van der Waals surface area contributed by atoms with Gasteiger partial charge in [0.25, 0.3) is 0 Å². The maximum Gasteiger partial charge on any atom is 0.230 e. The van der Waals surface area contributed by atoms with Crippen LogP contribution in [0.25, 0.3) is 5.69 Å². The zero-order valence-corrected chi connectivity index (χ0v) is 18.2. The van der Waals surface area contributed by atoms with Gasteiger partial charge >= 0.3 is 0 Å².